The van der Waals surface area contributed by atoms with Crippen LogP contribution in [-0.4, -0.2) is 250 Å². The Hall–Kier alpha value is -12.1. The first kappa shape index (κ1) is 105. The molecular weight excluding hydrogens is 1890 g/mol. The highest BCUT2D eigenvalue weighted by Crippen LogP contribution is 2.71. The predicted molar refractivity (Wildman–Crippen MR) is 508 cm³/mol. The second kappa shape index (κ2) is 41.2. The average molecular weight is 2020 g/mol. The molecule has 37 heteroatoms. The lowest BCUT2D eigenvalue weighted by atomic mass is 9.45. The van der Waals surface area contributed by atoms with Crippen LogP contribution in [0.3, 0.4) is 0 Å². The maximum atomic E-state index is 12.6. The zero-order chi connectivity index (χ0) is 105. The molecule has 0 aromatic heterocycles. The number of hydrogen-bond donors (Lipinski definition) is 0. The number of carbonyl (C=O) groups is 22. The van der Waals surface area contributed by atoms with E-state index in [1.54, 1.807) is 13.8 Å². The number of nitrogens with zero attached hydrogens (tertiary/aromatic N) is 7. The summed E-state index contributed by atoms with van der Waals surface area (Å²) in [5, 5.41) is 0. The van der Waals surface area contributed by atoms with Crippen LogP contribution in [0.2, 0.25) is 0 Å². The van der Waals surface area contributed by atoms with Crippen LogP contribution in [0.25, 0.3) is 0 Å². The molecule has 0 aromatic rings. The number of carbonyl (C=O) groups excluding carboxylic acids is 22. The molecule has 0 aromatic carbocycles. The molecule has 0 N–H and O–H groups in total. The minimum atomic E-state index is -0.894. The number of imide groups is 7. The van der Waals surface area contributed by atoms with Gasteiger partial charge in [0.2, 0.25) is 41.4 Å². The van der Waals surface area contributed by atoms with Crippen LogP contribution >= 0.6 is 0 Å². The van der Waals surface area contributed by atoms with E-state index in [4.69, 9.17) is 33.2 Å². The minimum absolute atomic E-state index is 0.0409. The molecule has 6 spiro atoms. The SMILES string of the molecule is C=C(C)C(=O)OCC(=O)N1C(=O)CC12C1CC3CC(C1)CC2C3.C=C(C)C(=O)OCC(=O)N1C(=O)CC12CC1CC2C2CCCC12.C=C(C)C(=O)OCC(=O)N1C(=O)CC12CC1CCC2C1.C=CC(=O)OCC(=O)N1C(=O)CC12C1CC3CC(C1)CC2C3.C=CC(=O)OCC(=O)N1C(=O)CC12CC1CC2C2CCCC12.C=CC(=O)OCC(=O)N1C(=O)CC12CC1CCC2C1.C=CC(=O)OCC(=O)N1C(=O)CC1OC(C)=O. The summed E-state index contributed by atoms with van der Waals surface area (Å²) >= 11 is 0. The molecule has 18 saturated carbocycles. The van der Waals surface area contributed by atoms with Crippen molar-refractivity contribution in [2.45, 2.75) is 292 Å². The van der Waals surface area contributed by atoms with Gasteiger partial charge in [0.15, 0.2) is 52.5 Å². The van der Waals surface area contributed by atoms with Gasteiger partial charge in [-0.15, -0.1) is 0 Å². The van der Waals surface area contributed by atoms with Gasteiger partial charge in [-0.3, -0.25) is 101 Å². The van der Waals surface area contributed by atoms with Gasteiger partial charge in [0, 0.05) is 47.9 Å². The Bertz CT molecular complexity index is 5530. The Morgan fingerprint density at radius 1 is 0.295 bits per heavy atom. The maximum absolute atomic E-state index is 12.6. The Morgan fingerprint density at radius 2 is 0.568 bits per heavy atom. The highest BCUT2D eigenvalue weighted by Gasteiger charge is 2.74. The van der Waals surface area contributed by atoms with Gasteiger partial charge in [-0.2, -0.15) is 0 Å². The summed E-state index contributed by atoms with van der Waals surface area (Å²) in [5.74, 6) is 3.40. The number of fused-ring (bicyclic) bond motifs is 18. The first-order chi connectivity index (χ1) is 69.4. The maximum Gasteiger partial charge on any atom is 0.333 e. The van der Waals surface area contributed by atoms with E-state index in [1.165, 1.54) is 114 Å². The molecule has 37 nitrogen and oxygen atoms in total. The quantitative estimate of drug-likeness (QED) is 0.0421. The van der Waals surface area contributed by atoms with Gasteiger partial charge in [-0.1, -0.05) is 58.9 Å². The zero-order valence-electron chi connectivity index (χ0n) is 84.0. The molecule has 786 valence electrons. The highest BCUT2D eigenvalue weighted by molar-refractivity contribution is 6.08. The van der Waals surface area contributed by atoms with Crippen LogP contribution in [0.4, 0.5) is 0 Å². The van der Waals surface area contributed by atoms with Crippen LogP contribution in [0, 0.1) is 118 Å². The Kier molecular flexibility index (Phi) is 29.7. The molecule has 18 aliphatic carbocycles. The van der Waals surface area contributed by atoms with Crippen molar-refractivity contribution in [2.75, 3.05) is 46.2 Å². The summed E-state index contributed by atoms with van der Waals surface area (Å²) in [7, 11) is 0. The lowest BCUT2D eigenvalue weighted by Gasteiger charge is -2.67. The average Bonchev–Trinajstić information content (AvgIpc) is 0.992. The lowest BCUT2D eigenvalue weighted by Crippen LogP contribution is -2.76. The van der Waals surface area contributed by atoms with Crippen molar-refractivity contribution in [2.24, 2.45) is 118 Å². The van der Waals surface area contributed by atoms with Crippen molar-refractivity contribution in [1.29, 1.82) is 0 Å². The standard InChI is InChI=1S/2C18H23NO4.2C17H21NO4.C15H19NO4.C14H17NO4.C10H11NO6/c1-10(2)17(22)23-9-16(21)19-15(20)8-18(19)13-4-11-3-12(6-13)7-14(18)5-11;1-10(2)17(22)23-9-16(21)19-15(20)8-18(19)7-11-6-14(18)13-5-3-4-12(11)13;1-2-16(21)22-9-15(20)18-14(19)8-17(18)12-4-10-3-11(6-12)7-13(17)5-10;1-2-16(21)22-9-15(20)18-14(19)8-17(18)7-10-6-13(17)12-5-3-4-11(10)12;1-9(2)14(19)20-8-13(18)16-12(17)7-15(16)6-10-3-4-11(15)5-10;1-2-13(18)19-8-12(17)15-11(16)7-14(15)6-9-3-4-10(14)5-9;1-3-10(15)16-5-8(14)11-7(13)4-9(11)17-6(2)12/h2*11-14H,1,3-9H2,2H3;2*2,10-13H,1,3-9H2;10-11H,1,3-8H2,2H3;2,9-10H,1,3-8H2;3,9H,1,4-5H2,2H3. The molecule has 14 amide bonds. The number of ether oxygens (including phenoxy) is 8. The van der Waals surface area contributed by atoms with Gasteiger partial charge in [0.25, 0.3) is 41.4 Å². The summed E-state index contributed by atoms with van der Waals surface area (Å²) in [5.41, 5.74) is -0.787. The van der Waals surface area contributed by atoms with Crippen LogP contribution in [0.1, 0.15) is 252 Å². The summed E-state index contributed by atoms with van der Waals surface area (Å²) in [6.07, 6.45) is 38.6. The number of β-lactam (4-membered cyclic amide) rings is 7. The fraction of sp³-hybridized carbons (Fsp3) is 0.670. The van der Waals surface area contributed by atoms with Gasteiger partial charge in [-0.05, 0) is 306 Å². The normalized spacial score (nSPS) is 36.6. The molecule has 7 heterocycles. The predicted octanol–water partition coefficient (Wildman–Crippen LogP) is 9.28. The van der Waals surface area contributed by atoms with Gasteiger partial charge < -0.3 is 37.9 Å². The molecule has 0 radical (unpaired) electrons. The topological polar surface area (TPSA) is 472 Å². The summed E-state index contributed by atoms with van der Waals surface area (Å²) in [6, 6.07) is 0. The third-order valence-electron chi connectivity index (χ3n) is 38.0. The summed E-state index contributed by atoms with van der Waals surface area (Å²) in [6.45, 7) is 26.5. The largest absolute Gasteiger partial charge is 0.452 e. The van der Waals surface area contributed by atoms with Crippen molar-refractivity contribution in [3.05, 3.63) is 87.1 Å². The number of hydrogen-bond acceptors (Lipinski definition) is 30. The number of rotatable bonds is 22. The van der Waals surface area contributed by atoms with Crippen molar-refractivity contribution < 1.29 is 143 Å². The first-order valence-corrected chi connectivity index (χ1v) is 52.2. The van der Waals surface area contributed by atoms with Crippen molar-refractivity contribution >= 4 is 130 Å². The molecule has 7 saturated heterocycles. The van der Waals surface area contributed by atoms with E-state index in [1.807, 2.05) is 0 Å². The van der Waals surface area contributed by atoms with E-state index >= 15 is 0 Å². The van der Waals surface area contributed by atoms with Crippen LogP contribution in [0.15, 0.2) is 87.1 Å². The minimum Gasteiger partial charge on any atom is -0.452 e. The second-order valence-electron chi connectivity index (χ2n) is 45.8. The first-order valence-electron chi connectivity index (χ1n) is 52.2. The molecule has 25 aliphatic rings. The van der Waals surface area contributed by atoms with E-state index in [-0.39, 0.29) is 167 Å². The van der Waals surface area contributed by atoms with Gasteiger partial charge in [0.1, 0.15) is 0 Å². The molecule has 25 fully saturated rings. The van der Waals surface area contributed by atoms with E-state index in [9.17, 15) is 105 Å². The molecule has 16 bridgehead atoms. The molecule has 146 heavy (non-hydrogen) atoms. The Labute approximate surface area is 847 Å². The molecule has 17 unspecified atom stereocenters. The van der Waals surface area contributed by atoms with Crippen molar-refractivity contribution in [1.82, 2.24) is 34.3 Å². The van der Waals surface area contributed by atoms with E-state index < -0.39 is 72.4 Å². The number of amides is 14. The second-order valence-corrected chi connectivity index (χ2v) is 45.8. The van der Waals surface area contributed by atoms with Crippen molar-refractivity contribution in [3.63, 3.8) is 0 Å². The van der Waals surface area contributed by atoms with Gasteiger partial charge in [0.05, 0.1) is 78.2 Å². The van der Waals surface area contributed by atoms with Crippen molar-refractivity contribution in [3.8, 4) is 0 Å². The molecule has 7 aliphatic heterocycles. The summed E-state index contributed by atoms with van der Waals surface area (Å²) in [4.78, 5) is 267. The Morgan fingerprint density at radius 3 is 0.836 bits per heavy atom. The third-order valence-corrected chi connectivity index (χ3v) is 38.0. The van der Waals surface area contributed by atoms with Crippen LogP contribution in [-0.2, 0) is 143 Å². The monoisotopic (exact) mass is 2020 g/mol. The van der Waals surface area contributed by atoms with E-state index in [2.05, 4.69) is 50.8 Å². The summed E-state index contributed by atoms with van der Waals surface area (Å²) < 4.78 is 38.4. The fourth-order valence-electron chi connectivity index (χ4n) is 33.1. The fourth-order valence-corrected chi connectivity index (χ4v) is 33.1. The number of esters is 8. The molecule has 17 atom stereocenters. The van der Waals surface area contributed by atoms with Crippen LogP contribution < -0.4 is 0 Å². The smallest absolute Gasteiger partial charge is 0.333 e. The molecule has 25 rings (SSSR count). The van der Waals surface area contributed by atoms with Gasteiger partial charge >= 0.3 is 47.8 Å². The van der Waals surface area contributed by atoms with Crippen LogP contribution in [0.5, 0.6) is 0 Å². The lowest BCUT2D eigenvalue weighted by molar-refractivity contribution is -0.206. The zero-order valence-corrected chi connectivity index (χ0v) is 84.0. The van der Waals surface area contributed by atoms with E-state index in [0.717, 1.165) is 174 Å². The van der Waals surface area contributed by atoms with E-state index in [0.29, 0.717) is 121 Å². The number of likely N-dealkylation sites (tertiary alicyclic amines) is 7. The molecular formula is C109H135N7O30. The van der Waals surface area contributed by atoms with Gasteiger partial charge in [-0.25, -0.2) is 38.5 Å². The third kappa shape index (κ3) is 18.8. The highest BCUT2D eigenvalue weighted by atomic mass is 16.6. The Balaban J connectivity index is 0.000000117.